The summed E-state index contributed by atoms with van der Waals surface area (Å²) >= 11 is 0. The smallest absolute Gasteiger partial charge is 0.0928 e. The first-order valence-electron chi connectivity index (χ1n) is 5.14. The van der Waals surface area contributed by atoms with Gasteiger partial charge in [0.1, 0.15) is 0 Å². The van der Waals surface area contributed by atoms with Crippen LogP contribution in [0, 0.1) is 5.41 Å². The van der Waals surface area contributed by atoms with Crippen LogP contribution in [0.3, 0.4) is 0 Å². The topological polar surface area (TPSA) is 27.1 Å². The summed E-state index contributed by atoms with van der Waals surface area (Å²) in [6.45, 7) is 3.80. The summed E-state index contributed by atoms with van der Waals surface area (Å²) in [5.74, 6) is 0.682. The fraction of sp³-hybridized carbons (Fsp3) is 0.417. The van der Waals surface area contributed by atoms with Crippen molar-refractivity contribution in [2.75, 3.05) is 6.54 Å². The Labute approximate surface area is 85.1 Å². The van der Waals surface area contributed by atoms with Crippen LogP contribution in [0.15, 0.2) is 24.3 Å². The van der Waals surface area contributed by atoms with Gasteiger partial charge >= 0.3 is 0 Å². The minimum Gasteiger partial charge on any atom is -0.356 e. The third-order valence-corrected chi connectivity index (χ3v) is 2.83. The number of nitrogens with one attached hydrogen (secondary N) is 1. The monoisotopic (exact) mass is 188 g/mol. The molecular formula is C12H16N2. The first-order valence-corrected chi connectivity index (χ1v) is 5.14. The second-order valence-electron chi connectivity index (χ2n) is 3.88. The van der Waals surface area contributed by atoms with E-state index in [0.29, 0.717) is 5.84 Å². The quantitative estimate of drug-likeness (QED) is 0.491. The number of rotatable bonds is 0. The minimum absolute atomic E-state index is 0.682. The molecule has 0 aromatic heterocycles. The zero-order chi connectivity index (χ0) is 9.97. The molecule has 0 atom stereocenters. The van der Waals surface area contributed by atoms with E-state index in [4.69, 9.17) is 5.41 Å². The molecule has 0 spiro atoms. The number of fused-ring (bicyclic) bond motifs is 1. The molecule has 1 aliphatic heterocycles. The van der Waals surface area contributed by atoms with Gasteiger partial charge in [0.25, 0.3) is 0 Å². The van der Waals surface area contributed by atoms with Crippen molar-refractivity contribution in [3.05, 3.63) is 35.4 Å². The van der Waals surface area contributed by atoms with Crippen LogP contribution in [0.1, 0.15) is 24.5 Å². The Morgan fingerprint density at radius 1 is 1.29 bits per heavy atom. The highest BCUT2D eigenvalue weighted by molar-refractivity contribution is 5.76. The van der Waals surface area contributed by atoms with Crippen LogP contribution >= 0.6 is 0 Å². The second-order valence-corrected chi connectivity index (χ2v) is 3.88. The van der Waals surface area contributed by atoms with Crippen LogP contribution < -0.4 is 0 Å². The molecular weight excluding hydrogens is 172 g/mol. The van der Waals surface area contributed by atoms with Crippen molar-refractivity contribution in [2.24, 2.45) is 0 Å². The van der Waals surface area contributed by atoms with Gasteiger partial charge in [-0.1, -0.05) is 24.3 Å². The molecule has 0 saturated heterocycles. The highest BCUT2D eigenvalue weighted by Crippen LogP contribution is 2.18. The molecule has 0 amide bonds. The van der Waals surface area contributed by atoms with Crippen molar-refractivity contribution in [2.45, 2.75) is 26.3 Å². The molecule has 1 N–H and O–H groups in total. The zero-order valence-electron chi connectivity index (χ0n) is 8.59. The van der Waals surface area contributed by atoms with Gasteiger partial charge in [-0.05, 0) is 30.9 Å². The highest BCUT2D eigenvalue weighted by Gasteiger charge is 2.13. The predicted octanol–water partition coefficient (Wildman–Crippen LogP) is 2.43. The molecule has 1 aromatic rings. The lowest BCUT2D eigenvalue weighted by Crippen LogP contribution is -2.27. The van der Waals surface area contributed by atoms with Gasteiger partial charge in [-0.3, -0.25) is 5.41 Å². The minimum atomic E-state index is 0.682. The molecule has 0 saturated carbocycles. The molecule has 2 heteroatoms. The van der Waals surface area contributed by atoms with E-state index in [2.05, 4.69) is 29.2 Å². The molecule has 1 aromatic carbocycles. The van der Waals surface area contributed by atoms with E-state index < -0.39 is 0 Å². The van der Waals surface area contributed by atoms with E-state index >= 15 is 0 Å². The molecule has 1 aliphatic rings. The normalized spacial score (nSPS) is 15.9. The van der Waals surface area contributed by atoms with Gasteiger partial charge in [-0.25, -0.2) is 0 Å². The van der Waals surface area contributed by atoms with Crippen LogP contribution in [0.2, 0.25) is 0 Å². The van der Waals surface area contributed by atoms with Crippen molar-refractivity contribution in [3.63, 3.8) is 0 Å². The second kappa shape index (κ2) is 3.82. The van der Waals surface area contributed by atoms with Gasteiger partial charge in [-0.15, -0.1) is 0 Å². The molecule has 74 valence electrons. The lowest BCUT2D eigenvalue weighted by Gasteiger charge is -2.21. The van der Waals surface area contributed by atoms with E-state index in [0.717, 1.165) is 25.9 Å². The molecule has 0 aliphatic carbocycles. The Hall–Kier alpha value is -1.31. The molecule has 2 nitrogen and oxygen atoms in total. The van der Waals surface area contributed by atoms with Gasteiger partial charge in [0.2, 0.25) is 0 Å². The van der Waals surface area contributed by atoms with E-state index in [1.807, 2.05) is 6.92 Å². The van der Waals surface area contributed by atoms with E-state index in [1.54, 1.807) is 0 Å². The van der Waals surface area contributed by atoms with Crippen LogP contribution in [-0.4, -0.2) is 17.3 Å². The Bertz CT molecular complexity index is 344. The Kier molecular flexibility index (Phi) is 2.53. The van der Waals surface area contributed by atoms with Crippen molar-refractivity contribution >= 4 is 5.84 Å². The number of nitrogens with zero attached hydrogens (tertiary/aromatic N) is 1. The third kappa shape index (κ3) is 1.79. The third-order valence-electron chi connectivity index (χ3n) is 2.83. The SMILES string of the molecule is CC(=N)N1CCCc2ccccc2C1. The van der Waals surface area contributed by atoms with E-state index in [1.165, 1.54) is 11.1 Å². The summed E-state index contributed by atoms with van der Waals surface area (Å²) in [6.07, 6.45) is 2.31. The van der Waals surface area contributed by atoms with Gasteiger partial charge in [-0.2, -0.15) is 0 Å². The first kappa shape index (κ1) is 9.25. The Balaban J connectivity index is 2.26. The summed E-state index contributed by atoms with van der Waals surface area (Å²) < 4.78 is 0. The summed E-state index contributed by atoms with van der Waals surface area (Å²) in [6, 6.07) is 8.57. The molecule has 1 heterocycles. The number of aryl methyl sites for hydroxylation is 1. The fourth-order valence-electron chi connectivity index (χ4n) is 1.99. The average molecular weight is 188 g/mol. The lowest BCUT2D eigenvalue weighted by molar-refractivity contribution is 0.412. The highest BCUT2D eigenvalue weighted by atomic mass is 15.2. The van der Waals surface area contributed by atoms with Gasteiger partial charge in [0.15, 0.2) is 0 Å². The van der Waals surface area contributed by atoms with Crippen molar-refractivity contribution in [3.8, 4) is 0 Å². The largest absolute Gasteiger partial charge is 0.356 e. The molecule has 0 radical (unpaired) electrons. The maximum atomic E-state index is 7.65. The van der Waals surface area contributed by atoms with Crippen LogP contribution in [0.25, 0.3) is 0 Å². The zero-order valence-corrected chi connectivity index (χ0v) is 8.59. The number of hydrogen-bond acceptors (Lipinski definition) is 1. The maximum absolute atomic E-state index is 7.65. The summed E-state index contributed by atoms with van der Waals surface area (Å²) in [7, 11) is 0. The summed E-state index contributed by atoms with van der Waals surface area (Å²) in [5, 5.41) is 7.65. The fourth-order valence-corrected chi connectivity index (χ4v) is 1.99. The summed E-state index contributed by atoms with van der Waals surface area (Å²) in [5.41, 5.74) is 2.84. The van der Waals surface area contributed by atoms with Crippen molar-refractivity contribution in [1.29, 1.82) is 5.41 Å². The van der Waals surface area contributed by atoms with Crippen LogP contribution in [0.4, 0.5) is 0 Å². The molecule has 0 unspecified atom stereocenters. The van der Waals surface area contributed by atoms with Gasteiger partial charge < -0.3 is 4.90 Å². The number of amidine groups is 1. The molecule has 2 rings (SSSR count). The van der Waals surface area contributed by atoms with Crippen LogP contribution in [0.5, 0.6) is 0 Å². The van der Waals surface area contributed by atoms with Gasteiger partial charge in [0.05, 0.1) is 5.84 Å². The van der Waals surface area contributed by atoms with Crippen LogP contribution in [-0.2, 0) is 13.0 Å². The number of benzene rings is 1. The molecule has 0 bridgehead atoms. The molecule has 0 fully saturated rings. The predicted molar refractivity (Wildman–Crippen MR) is 58.6 cm³/mol. The first-order chi connectivity index (χ1) is 6.77. The van der Waals surface area contributed by atoms with Gasteiger partial charge in [0, 0.05) is 13.1 Å². The lowest BCUT2D eigenvalue weighted by atomic mass is 10.0. The molecule has 14 heavy (non-hydrogen) atoms. The summed E-state index contributed by atoms with van der Waals surface area (Å²) in [4.78, 5) is 2.14. The Morgan fingerprint density at radius 3 is 2.71 bits per heavy atom. The van der Waals surface area contributed by atoms with E-state index in [9.17, 15) is 0 Å². The maximum Gasteiger partial charge on any atom is 0.0928 e. The van der Waals surface area contributed by atoms with Crippen molar-refractivity contribution in [1.82, 2.24) is 4.90 Å². The standard InChI is InChI=1S/C12H16N2/c1-10(13)14-8-4-7-11-5-2-3-6-12(11)9-14/h2-3,5-6,13H,4,7-9H2,1H3. The van der Waals surface area contributed by atoms with E-state index in [-0.39, 0.29) is 0 Å². The van der Waals surface area contributed by atoms with Crippen molar-refractivity contribution < 1.29 is 0 Å². The average Bonchev–Trinajstić information content (AvgIpc) is 2.39. The number of hydrogen-bond donors (Lipinski definition) is 1. The Morgan fingerprint density at radius 2 is 2.00 bits per heavy atom.